The van der Waals surface area contributed by atoms with Crippen LogP contribution in [-0.4, -0.2) is 60.8 Å². The van der Waals surface area contributed by atoms with Crippen LogP contribution in [0.15, 0.2) is 42.5 Å². The molecule has 3 atom stereocenters. The Morgan fingerprint density at radius 2 is 1.69 bits per heavy atom. The van der Waals surface area contributed by atoms with Crippen LogP contribution in [0.1, 0.15) is 23.2 Å². The summed E-state index contributed by atoms with van der Waals surface area (Å²) in [6, 6.07) is 5.00. The van der Waals surface area contributed by atoms with Gasteiger partial charge in [-0.15, -0.1) is 0 Å². The van der Waals surface area contributed by atoms with Gasteiger partial charge in [0.2, 0.25) is 0 Å². The van der Waals surface area contributed by atoms with E-state index in [0.29, 0.717) is 41.5 Å². The maximum Gasteiger partial charge on any atom is 0.256 e. The van der Waals surface area contributed by atoms with Crippen LogP contribution in [-0.2, 0) is 14.3 Å². The number of ether oxygens (including phenoxy) is 2. The molecule has 1 aromatic rings. The van der Waals surface area contributed by atoms with Gasteiger partial charge in [-0.25, -0.2) is 0 Å². The first kappa shape index (κ1) is 20.4. The first-order valence-corrected chi connectivity index (χ1v) is 10.4. The zero-order chi connectivity index (χ0) is 20.4. The summed E-state index contributed by atoms with van der Waals surface area (Å²) in [7, 11) is 0. The van der Waals surface area contributed by atoms with Crippen molar-refractivity contribution in [2.75, 3.05) is 19.7 Å². The van der Waals surface area contributed by atoms with Crippen molar-refractivity contribution >= 4 is 35.0 Å². The summed E-state index contributed by atoms with van der Waals surface area (Å²) in [5.41, 5.74) is 0.329. The van der Waals surface area contributed by atoms with Crippen molar-refractivity contribution in [3.8, 4) is 0 Å². The zero-order valence-corrected chi connectivity index (χ0v) is 17.2. The number of benzene rings is 1. The van der Waals surface area contributed by atoms with Gasteiger partial charge in [0, 0.05) is 19.1 Å². The van der Waals surface area contributed by atoms with Crippen LogP contribution < -0.4 is 5.32 Å². The van der Waals surface area contributed by atoms with Crippen molar-refractivity contribution in [1.82, 2.24) is 10.2 Å². The quantitative estimate of drug-likeness (QED) is 0.790. The minimum Gasteiger partial charge on any atom is -0.368 e. The molecule has 1 N–H and O–H groups in total. The summed E-state index contributed by atoms with van der Waals surface area (Å²) < 4.78 is 11.6. The Labute approximate surface area is 179 Å². The van der Waals surface area contributed by atoms with Gasteiger partial charge >= 0.3 is 0 Å². The third kappa shape index (κ3) is 4.51. The predicted molar refractivity (Wildman–Crippen MR) is 110 cm³/mol. The monoisotopic (exact) mass is 436 g/mol. The lowest BCUT2D eigenvalue weighted by molar-refractivity contribution is -0.169. The topological polar surface area (TPSA) is 67.9 Å². The number of carbonyl (C=O) groups excluding carboxylic acids is 2. The summed E-state index contributed by atoms with van der Waals surface area (Å²) in [6.45, 7) is 1.27. The van der Waals surface area contributed by atoms with E-state index < -0.39 is 6.10 Å². The summed E-state index contributed by atoms with van der Waals surface area (Å²) in [6.07, 6.45) is 7.95. The summed E-state index contributed by atoms with van der Waals surface area (Å²) in [4.78, 5) is 27.1. The molecule has 2 amide bonds. The van der Waals surface area contributed by atoms with E-state index in [1.54, 1.807) is 23.1 Å². The van der Waals surface area contributed by atoms with Crippen molar-refractivity contribution < 1.29 is 19.1 Å². The fourth-order valence-electron chi connectivity index (χ4n) is 3.79. The number of likely N-dealkylation sites (tertiary alicyclic amines) is 1. The van der Waals surface area contributed by atoms with Gasteiger partial charge in [0.25, 0.3) is 11.8 Å². The van der Waals surface area contributed by atoms with Crippen molar-refractivity contribution in [3.63, 3.8) is 0 Å². The van der Waals surface area contributed by atoms with Gasteiger partial charge in [-0.2, -0.15) is 0 Å². The van der Waals surface area contributed by atoms with E-state index in [0.717, 1.165) is 0 Å². The molecular formula is C21H22Cl2N2O4. The van der Waals surface area contributed by atoms with Gasteiger partial charge in [-0.3, -0.25) is 9.59 Å². The molecule has 3 aliphatic rings. The molecule has 0 radical (unpaired) electrons. The summed E-state index contributed by atoms with van der Waals surface area (Å²) >= 11 is 12.3. The average Bonchev–Trinajstić information content (AvgIpc) is 2.73. The van der Waals surface area contributed by atoms with Crippen LogP contribution in [0, 0.1) is 0 Å². The van der Waals surface area contributed by atoms with Crippen molar-refractivity contribution in [3.05, 3.63) is 58.1 Å². The molecule has 6 nitrogen and oxygen atoms in total. The van der Waals surface area contributed by atoms with Crippen LogP contribution in [0.3, 0.4) is 0 Å². The molecule has 2 fully saturated rings. The van der Waals surface area contributed by atoms with E-state index in [-0.39, 0.29) is 36.7 Å². The second kappa shape index (κ2) is 8.88. The summed E-state index contributed by atoms with van der Waals surface area (Å²) in [5.74, 6) is -0.358. The van der Waals surface area contributed by atoms with Gasteiger partial charge in [-0.05, 0) is 25.0 Å². The zero-order valence-electron chi connectivity index (χ0n) is 15.7. The molecule has 2 saturated heterocycles. The van der Waals surface area contributed by atoms with E-state index in [1.165, 1.54) is 0 Å². The Balaban J connectivity index is 1.29. The number of rotatable bonds is 3. The molecule has 0 saturated carbocycles. The lowest BCUT2D eigenvalue weighted by Crippen LogP contribution is -2.53. The molecule has 1 aromatic carbocycles. The molecule has 0 unspecified atom stereocenters. The second-order valence-electron chi connectivity index (χ2n) is 7.33. The lowest BCUT2D eigenvalue weighted by Gasteiger charge is -2.36. The number of hydrogen-bond acceptors (Lipinski definition) is 4. The smallest absolute Gasteiger partial charge is 0.256 e. The van der Waals surface area contributed by atoms with Gasteiger partial charge in [-0.1, -0.05) is 53.6 Å². The highest BCUT2D eigenvalue weighted by atomic mass is 35.5. The standard InChI is InChI=1S/C21H22Cl2N2O4/c22-14-4-3-5-15(23)19(14)21(27)25-10-8-13(9-11-25)24-20(26)18-12-28-16-6-1-2-7-17(16)29-18/h1-7,13,16-18H,8-12H2,(H,24,26)/t16-,17+,18-/m0/s1. The minimum atomic E-state index is -0.631. The van der Waals surface area contributed by atoms with Gasteiger partial charge in [0.15, 0.2) is 6.10 Å². The Morgan fingerprint density at radius 1 is 1.03 bits per heavy atom. The Hall–Kier alpha value is -1.86. The van der Waals surface area contributed by atoms with Gasteiger partial charge in [0.05, 0.1) is 22.2 Å². The molecule has 2 aliphatic heterocycles. The number of hydrogen-bond donors (Lipinski definition) is 1. The van der Waals surface area contributed by atoms with Crippen LogP contribution in [0.25, 0.3) is 0 Å². The summed E-state index contributed by atoms with van der Waals surface area (Å²) in [5, 5.41) is 3.72. The predicted octanol–water partition coefficient (Wildman–Crippen LogP) is 2.99. The van der Waals surface area contributed by atoms with Crippen molar-refractivity contribution in [1.29, 1.82) is 0 Å². The molecule has 29 heavy (non-hydrogen) atoms. The fraction of sp³-hybridized carbons (Fsp3) is 0.429. The van der Waals surface area contributed by atoms with E-state index in [1.807, 2.05) is 24.3 Å². The number of nitrogens with zero attached hydrogens (tertiary/aromatic N) is 1. The molecule has 0 bridgehead atoms. The van der Waals surface area contributed by atoms with Crippen LogP contribution in [0.2, 0.25) is 10.0 Å². The van der Waals surface area contributed by atoms with Gasteiger partial charge < -0.3 is 19.7 Å². The number of nitrogens with one attached hydrogen (secondary N) is 1. The van der Waals surface area contributed by atoms with Gasteiger partial charge in [0.1, 0.15) is 12.2 Å². The largest absolute Gasteiger partial charge is 0.368 e. The maximum atomic E-state index is 12.8. The minimum absolute atomic E-state index is 0.0172. The first-order chi connectivity index (χ1) is 14.0. The Bertz CT molecular complexity index is 829. The third-order valence-electron chi connectivity index (χ3n) is 5.40. The highest BCUT2D eigenvalue weighted by molar-refractivity contribution is 6.39. The Morgan fingerprint density at radius 3 is 2.38 bits per heavy atom. The van der Waals surface area contributed by atoms with Crippen LogP contribution >= 0.6 is 23.2 Å². The number of carbonyl (C=O) groups is 2. The van der Waals surface area contributed by atoms with E-state index in [9.17, 15) is 9.59 Å². The van der Waals surface area contributed by atoms with E-state index in [2.05, 4.69) is 5.32 Å². The van der Waals surface area contributed by atoms with Crippen molar-refractivity contribution in [2.24, 2.45) is 0 Å². The fourth-order valence-corrected chi connectivity index (χ4v) is 4.34. The molecule has 2 heterocycles. The molecule has 4 rings (SSSR count). The maximum absolute atomic E-state index is 12.8. The van der Waals surface area contributed by atoms with Crippen molar-refractivity contribution in [2.45, 2.75) is 37.2 Å². The van der Waals surface area contributed by atoms with E-state index >= 15 is 0 Å². The average molecular weight is 437 g/mol. The molecule has 154 valence electrons. The number of amides is 2. The highest BCUT2D eigenvalue weighted by Crippen LogP contribution is 2.27. The molecule has 0 spiro atoms. The van der Waals surface area contributed by atoms with Crippen LogP contribution in [0.5, 0.6) is 0 Å². The number of allylic oxidation sites excluding steroid dienone is 2. The number of piperidine rings is 1. The third-order valence-corrected chi connectivity index (χ3v) is 6.03. The lowest BCUT2D eigenvalue weighted by atomic mass is 10.0. The van der Waals surface area contributed by atoms with E-state index in [4.69, 9.17) is 32.7 Å². The SMILES string of the molecule is O=C(NC1CCN(C(=O)c2c(Cl)cccc2Cl)CC1)[C@@H]1CO[C@H]2C=CC=C[C@H]2O1. The number of fused-ring (bicyclic) bond motifs is 1. The molecular weight excluding hydrogens is 415 g/mol. The Kier molecular flexibility index (Phi) is 6.25. The molecule has 8 heteroatoms. The first-order valence-electron chi connectivity index (χ1n) is 9.68. The second-order valence-corrected chi connectivity index (χ2v) is 8.14. The highest BCUT2D eigenvalue weighted by Gasteiger charge is 2.35. The van der Waals surface area contributed by atoms with Crippen LogP contribution in [0.4, 0.5) is 0 Å². The molecule has 0 aromatic heterocycles. The number of halogens is 2. The normalized spacial score (nSPS) is 26.8. The molecule has 1 aliphatic carbocycles.